The van der Waals surface area contributed by atoms with Crippen molar-refractivity contribution < 1.29 is 0 Å². The van der Waals surface area contributed by atoms with E-state index in [9.17, 15) is 0 Å². The van der Waals surface area contributed by atoms with Crippen LogP contribution in [0.5, 0.6) is 0 Å². The molecular weight excluding hydrogens is 157 g/mol. The minimum atomic E-state index is -0.0198. The highest BCUT2D eigenvalue weighted by molar-refractivity contribution is 6.30. The van der Waals surface area contributed by atoms with E-state index in [0.29, 0.717) is 5.71 Å². The molecule has 0 saturated carbocycles. The molecule has 0 rings (SSSR count). The second-order valence-corrected chi connectivity index (χ2v) is 2.65. The molecule has 0 aliphatic carbocycles. The van der Waals surface area contributed by atoms with Gasteiger partial charge in [-0.25, -0.2) is 0 Å². The molecule has 0 bridgehead atoms. The summed E-state index contributed by atoms with van der Waals surface area (Å²) in [7, 11) is 0. The van der Waals surface area contributed by atoms with Crippen LogP contribution in [0, 0.1) is 5.41 Å². The summed E-state index contributed by atoms with van der Waals surface area (Å²) in [5.74, 6) is 0.250. The Balaban J connectivity index is 3.57. The van der Waals surface area contributed by atoms with E-state index in [0.717, 1.165) is 0 Å². The Morgan fingerprint density at radius 2 is 2.33 bits per heavy atom. The fraction of sp³-hybridized carbons (Fsp3) is 0.500. The Hall–Kier alpha value is -0.0100. The minimum Gasteiger partial charge on any atom is -0.304 e. The molecule has 52 valence electrons. The van der Waals surface area contributed by atoms with Crippen molar-refractivity contribution in [3.05, 3.63) is 12.2 Å². The van der Waals surface area contributed by atoms with Crippen LogP contribution in [0.2, 0.25) is 0 Å². The van der Waals surface area contributed by atoms with Crippen molar-refractivity contribution >= 4 is 28.9 Å². The van der Waals surface area contributed by atoms with Gasteiger partial charge in [0.15, 0.2) is 0 Å². The van der Waals surface area contributed by atoms with Gasteiger partial charge in [-0.2, -0.15) is 0 Å². The van der Waals surface area contributed by atoms with Gasteiger partial charge in [0, 0.05) is 11.1 Å². The summed E-state index contributed by atoms with van der Waals surface area (Å²) in [6.45, 7) is 1.83. The van der Waals surface area contributed by atoms with Crippen molar-refractivity contribution in [3.63, 3.8) is 0 Å². The summed E-state index contributed by atoms with van der Waals surface area (Å²) in [5, 5.41) is 7.03. The predicted molar refractivity (Wildman–Crippen MR) is 42.9 cm³/mol. The first kappa shape index (κ1) is 8.99. The van der Waals surface area contributed by atoms with Crippen molar-refractivity contribution in [2.24, 2.45) is 0 Å². The van der Waals surface area contributed by atoms with Crippen LogP contribution in [-0.2, 0) is 0 Å². The fourth-order valence-electron chi connectivity index (χ4n) is 0.293. The van der Waals surface area contributed by atoms with E-state index in [1.807, 2.05) is 6.92 Å². The third-order valence-corrected chi connectivity index (χ3v) is 1.14. The number of allylic oxidation sites excluding steroid dienone is 2. The van der Waals surface area contributed by atoms with Gasteiger partial charge in [-0.15, -0.1) is 23.2 Å². The molecule has 0 saturated heterocycles. The van der Waals surface area contributed by atoms with E-state index in [-0.39, 0.29) is 11.3 Å². The number of halogens is 2. The molecule has 1 nitrogen and oxygen atoms in total. The number of alkyl halides is 2. The topological polar surface area (TPSA) is 23.9 Å². The first-order valence-corrected chi connectivity index (χ1v) is 3.59. The lowest BCUT2D eigenvalue weighted by Gasteiger charge is -1.90. The summed E-state index contributed by atoms with van der Waals surface area (Å²) in [5.41, 5.74) is 0.393. The smallest absolute Gasteiger partial charge is 0.0640 e. The summed E-state index contributed by atoms with van der Waals surface area (Å²) in [6.07, 6.45) is 3.34. The Morgan fingerprint density at radius 3 is 2.67 bits per heavy atom. The number of nitrogens with one attached hydrogen (secondary N) is 1. The maximum Gasteiger partial charge on any atom is 0.0640 e. The molecule has 1 unspecified atom stereocenters. The molecular formula is C6H9Cl2N. The van der Waals surface area contributed by atoms with Crippen molar-refractivity contribution in [2.45, 2.75) is 12.3 Å². The van der Waals surface area contributed by atoms with Crippen molar-refractivity contribution in [2.75, 3.05) is 5.88 Å². The maximum absolute atomic E-state index is 7.05. The Kier molecular flexibility index (Phi) is 4.83. The highest BCUT2D eigenvalue weighted by Crippen LogP contribution is 1.95. The van der Waals surface area contributed by atoms with Crippen molar-refractivity contribution in [1.82, 2.24) is 0 Å². The van der Waals surface area contributed by atoms with Gasteiger partial charge in [0.25, 0.3) is 0 Å². The third kappa shape index (κ3) is 5.87. The average Bonchev–Trinajstić information content (AvgIpc) is 1.83. The standard InChI is InChI=1S/C6H9Cl2N/c1-5(8)2-3-6(9)4-7/h2-3,5,9H,4H2,1H3/b3-2-,9-6?. The lowest BCUT2D eigenvalue weighted by Crippen LogP contribution is -1.92. The van der Waals surface area contributed by atoms with Crippen LogP contribution in [-0.4, -0.2) is 17.0 Å². The molecule has 0 aromatic heterocycles. The molecule has 0 spiro atoms. The zero-order valence-corrected chi connectivity index (χ0v) is 6.71. The van der Waals surface area contributed by atoms with Crippen LogP contribution in [0.3, 0.4) is 0 Å². The van der Waals surface area contributed by atoms with Gasteiger partial charge < -0.3 is 5.41 Å². The minimum absolute atomic E-state index is 0.0198. The number of rotatable bonds is 3. The summed E-state index contributed by atoms with van der Waals surface area (Å²) < 4.78 is 0. The predicted octanol–water partition coefficient (Wildman–Crippen LogP) is 2.43. The lowest BCUT2D eigenvalue weighted by molar-refractivity contribution is 1.23. The number of hydrogen-bond acceptors (Lipinski definition) is 1. The first-order chi connectivity index (χ1) is 4.16. The van der Waals surface area contributed by atoms with E-state index in [4.69, 9.17) is 28.6 Å². The van der Waals surface area contributed by atoms with Gasteiger partial charge in [0.05, 0.1) is 5.88 Å². The normalized spacial score (nSPS) is 14.1. The van der Waals surface area contributed by atoms with Crippen molar-refractivity contribution in [3.8, 4) is 0 Å². The monoisotopic (exact) mass is 165 g/mol. The first-order valence-electron chi connectivity index (χ1n) is 2.62. The summed E-state index contributed by atoms with van der Waals surface area (Å²) >= 11 is 10.9. The summed E-state index contributed by atoms with van der Waals surface area (Å²) in [6, 6.07) is 0. The molecule has 0 aromatic rings. The van der Waals surface area contributed by atoms with Gasteiger partial charge >= 0.3 is 0 Å². The molecule has 9 heavy (non-hydrogen) atoms. The molecule has 3 heteroatoms. The molecule has 0 aromatic carbocycles. The van der Waals surface area contributed by atoms with Crippen LogP contribution < -0.4 is 0 Å². The van der Waals surface area contributed by atoms with Gasteiger partial charge in [0.2, 0.25) is 0 Å². The van der Waals surface area contributed by atoms with E-state index in [2.05, 4.69) is 0 Å². The van der Waals surface area contributed by atoms with Gasteiger partial charge in [-0.1, -0.05) is 6.08 Å². The molecule has 0 aliphatic rings. The molecule has 0 heterocycles. The third-order valence-electron chi connectivity index (χ3n) is 0.707. The molecule has 0 radical (unpaired) electrons. The zero-order chi connectivity index (χ0) is 7.28. The SMILES string of the molecule is CC(Cl)/C=C\C(=N)CCl. The molecule has 0 fully saturated rings. The van der Waals surface area contributed by atoms with Gasteiger partial charge in [0.1, 0.15) is 0 Å². The largest absolute Gasteiger partial charge is 0.304 e. The van der Waals surface area contributed by atoms with Crippen LogP contribution in [0.25, 0.3) is 0 Å². The zero-order valence-electron chi connectivity index (χ0n) is 5.20. The number of hydrogen-bond donors (Lipinski definition) is 1. The van der Waals surface area contributed by atoms with Gasteiger partial charge in [-0.05, 0) is 13.0 Å². The Bertz CT molecular complexity index is 118. The van der Waals surface area contributed by atoms with E-state index in [1.54, 1.807) is 12.2 Å². The average molecular weight is 166 g/mol. The Labute approximate surface area is 65.2 Å². The fourth-order valence-corrected chi connectivity index (χ4v) is 0.455. The van der Waals surface area contributed by atoms with Crippen LogP contribution in [0.4, 0.5) is 0 Å². The second-order valence-electron chi connectivity index (χ2n) is 1.70. The highest BCUT2D eigenvalue weighted by atomic mass is 35.5. The van der Waals surface area contributed by atoms with Gasteiger partial charge in [-0.3, -0.25) is 0 Å². The quantitative estimate of drug-likeness (QED) is 0.491. The molecule has 1 atom stereocenters. The highest BCUT2D eigenvalue weighted by Gasteiger charge is 1.88. The van der Waals surface area contributed by atoms with Crippen LogP contribution in [0.1, 0.15) is 6.92 Å². The van der Waals surface area contributed by atoms with Crippen LogP contribution in [0.15, 0.2) is 12.2 Å². The second kappa shape index (κ2) is 4.83. The van der Waals surface area contributed by atoms with E-state index in [1.165, 1.54) is 0 Å². The molecule has 0 amide bonds. The molecule has 1 N–H and O–H groups in total. The van der Waals surface area contributed by atoms with Crippen LogP contribution >= 0.6 is 23.2 Å². The van der Waals surface area contributed by atoms with E-state index >= 15 is 0 Å². The van der Waals surface area contributed by atoms with Crippen molar-refractivity contribution in [1.29, 1.82) is 5.41 Å². The molecule has 0 aliphatic heterocycles. The van der Waals surface area contributed by atoms with E-state index < -0.39 is 0 Å². The lowest BCUT2D eigenvalue weighted by atomic mass is 10.3. The Morgan fingerprint density at radius 1 is 1.78 bits per heavy atom. The maximum atomic E-state index is 7.05. The summed E-state index contributed by atoms with van der Waals surface area (Å²) in [4.78, 5) is 0.